The number of carbonyl (C=O) groups is 1. The zero-order chi connectivity index (χ0) is 8.43. The summed E-state index contributed by atoms with van der Waals surface area (Å²) in [5.74, 6) is -0.126. The zero-order valence-electron chi connectivity index (χ0n) is 6.51. The quantitative estimate of drug-likeness (QED) is 0.573. The van der Waals surface area contributed by atoms with Crippen LogP contribution in [0, 0.1) is 0 Å². The fourth-order valence-electron chi connectivity index (χ4n) is 0.931. The smallest absolute Gasteiger partial charge is 0.335 e. The van der Waals surface area contributed by atoms with Gasteiger partial charge in [-0.25, -0.2) is 4.79 Å². The van der Waals surface area contributed by atoms with E-state index < -0.39 is 5.97 Å². The molecule has 60 valence electrons. The Balaban J connectivity index is 2.83. The fraction of sp³-hybridized carbons (Fsp3) is 0.429. The fourth-order valence-corrected chi connectivity index (χ4v) is 0.931. The molecule has 0 aliphatic carbocycles. The number of allylic oxidation sites excluding steroid dienone is 1. The number of hydrogen-bond donors (Lipinski definition) is 2. The summed E-state index contributed by atoms with van der Waals surface area (Å²) < 4.78 is 0. The van der Waals surface area contributed by atoms with Crippen LogP contribution in [0.5, 0.6) is 0 Å². The summed E-state index contributed by atoms with van der Waals surface area (Å²) >= 11 is 0. The lowest BCUT2D eigenvalue weighted by molar-refractivity contribution is -0.132. The third kappa shape index (κ3) is 1.58. The molecule has 0 unspecified atom stereocenters. The first-order valence-electron chi connectivity index (χ1n) is 3.32. The van der Waals surface area contributed by atoms with E-state index in [1.807, 2.05) is 6.92 Å². The van der Waals surface area contributed by atoms with Crippen LogP contribution in [0.4, 0.5) is 0 Å². The van der Waals surface area contributed by atoms with Crippen molar-refractivity contribution in [2.75, 3.05) is 6.54 Å². The summed E-state index contributed by atoms with van der Waals surface area (Å²) in [6.07, 6.45) is 0. The van der Waals surface area contributed by atoms with E-state index in [9.17, 15) is 4.79 Å². The van der Waals surface area contributed by atoms with Crippen molar-refractivity contribution < 1.29 is 9.90 Å². The number of nitrogens with zero attached hydrogens (tertiary/aromatic N) is 1. The van der Waals surface area contributed by atoms with Crippen LogP contribution >= 0.6 is 0 Å². The number of aliphatic imine (C=N–C) groups is 1. The summed E-state index contributed by atoms with van der Waals surface area (Å²) in [6, 6.07) is 0. The highest BCUT2D eigenvalue weighted by atomic mass is 16.4. The van der Waals surface area contributed by atoms with Crippen LogP contribution in [0.2, 0.25) is 0 Å². The van der Waals surface area contributed by atoms with Gasteiger partial charge in [-0.1, -0.05) is 0 Å². The minimum atomic E-state index is -0.897. The van der Waals surface area contributed by atoms with Crippen LogP contribution < -0.4 is 5.32 Å². The van der Waals surface area contributed by atoms with Gasteiger partial charge in [-0.3, -0.25) is 4.99 Å². The number of amidine groups is 1. The average molecular weight is 154 g/mol. The summed E-state index contributed by atoms with van der Waals surface area (Å²) in [5, 5.41) is 11.5. The molecule has 0 amide bonds. The predicted octanol–water partition coefficient (Wildman–Crippen LogP) is 0.367. The number of nitrogens with one attached hydrogen (secondary N) is 1. The van der Waals surface area contributed by atoms with Gasteiger partial charge in [0.15, 0.2) is 0 Å². The molecule has 1 aliphatic rings. The Kier molecular flexibility index (Phi) is 1.94. The molecule has 0 saturated carbocycles. The maximum absolute atomic E-state index is 10.5. The topological polar surface area (TPSA) is 61.7 Å². The molecule has 2 N–H and O–H groups in total. The Hall–Kier alpha value is -1.32. The van der Waals surface area contributed by atoms with Gasteiger partial charge in [0.05, 0.1) is 18.0 Å². The lowest BCUT2D eigenvalue weighted by Gasteiger charge is -2.14. The summed E-state index contributed by atoms with van der Waals surface area (Å²) in [5.41, 5.74) is 1.03. The second kappa shape index (κ2) is 2.74. The number of aliphatic carboxylic acids is 1. The van der Waals surface area contributed by atoms with Gasteiger partial charge < -0.3 is 10.4 Å². The van der Waals surface area contributed by atoms with Gasteiger partial charge in [-0.15, -0.1) is 0 Å². The van der Waals surface area contributed by atoms with E-state index in [1.165, 1.54) is 0 Å². The van der Waals surface area contributed by atoms with Crippen LogP contribution in [-0.4, -0.2) is 23.5 Å². The van der Waals surface area contributed by atoms with E-state index in [0.717, 1.165) is 5.84 Å². The van der Waals surface area contributed by atoms with Gasteiger partial charge >= 0.3 is 5.97 Å². The molecule has 1 heterocycles. The molecule has 0 radical (unpaired) electrons. The molecular formula is C7H10N2O2. The summed E-state index contributed by atoms with van der Waals surface area (Å²) in [6.45, 7) is 3.82. The van der Waals surface area contributed by atoms with Gasteiger partial charge in [0.25, 0.3) is 0 Å². The van der Waals surface area contributed by atoms with Gasteiger partial charge in [0.2, 0.25) is 0 Å². The van der Waals surface area contributed by atoms with Crippen molar-refractivity contribution in [2.24, 2.45) is 4.99 Å². The van der Waals surface area contributed by atoms with E-state index in [0.29, 0.717) is 11.3 Å². The number of rotatable bonds is 1. The van der Waals surface area contributed by atoms with Crippen molar-refractivity contribution in [1.82, 2.24) is 5.32 Å². The molecule has 0 fully saturated rings. The van der Waals surface area contributed by atoms with Gasteiger partial charge in [0, 0.05) is 5.70 Å². The van der Waals surface area contributed by atoms with Gasteiger partial charge in [-0.2, -0.15) is 0 Å². The molecular weight excluding hydrogens is 144 g/mol. The molecule has 11 heavy (non-hydrogen) atoms. The normalized spacial score (nSPS) is 17.5. The second-order valence-corrected chi connectivity index (χ2v) is 2.44. The molecule has 0 bridgehead atoms. The minimum Gasteiger partial charge on any atom is -0.478 e. The number of carboxylic acids is 1. The molecule has 0 atom stereocenters. The molecule has 0 saturated heterocycles. The zero-order valence-corrected chi connectivity index (χ0v) is 6.51. The highest BCUT2D eigenvalue weighted by Crippen LogP contribution is 2.06. The van der Waals surface area contributed by atoms with Crippen molar-refractivity contribution in [3.8, 4) is 0 Å². The SMILES string of the molecule is CC1=NCC(C(=O)O)=C(C)N1. The Morgan fingerprint density at radius 1 is 1.64 bits per heavy atom. The Morgan fingerprint density at radius 2 is 2.27 bits per heavy atom. The van der Waals surface area contributed by atoms with E-state index >= 15 is 0 Å². The molecule has 4 heteroatoms. The lowest BCUT2D eigenvalue weighted by Crippen LogP contribution is -2.27. The van der Waals surface area contributed by atoms with Crippen LogP contribution in [0.15, 0.2) is 16.3 Å². The molecule has 0 aromatic heterocycles. The summed E-state index contributed by atoms with van der Waals surface area (Å²) in [7, 11) is 0. The maximum atomic E-state index is 10.5. The van der Waals surface area contributed by atoms with Crippen LogP contribution in [0.25, 0.3) is 0 Å². The van der Waals surface area contributed by atoms with E-state index in [4.69, 9.17) is 5.11 Å². The van der Waals surface area contributed by atoms with E-state index in [2.05, 4.69) is 10.3 Å². The van der Waals surface area contributed by atoms with Crippen molar-refractivity contribution in [1.29, 1.82) is 0 Å². The third-order valence-corrected chi connectivity index (χ3v) is 1.55. The molecule has 1 rings (SSSR count). The largest absolute Gasteiger partial charge is 0.478 e. The third-order valence-electron chi connectivity index (χ3n) is 1.55. The van der Waals surface area contributed by atoms with Gasteiger partial charge in [0.1, 0.15) is 0 Å². The predicted molar refractivity (Wildman–Crippen MR) is 41.4 cm³/mol. The number of hydrogen-bond acceptors (Lipinski definition) is 3. The lowest BCUT2D eigenvalue weighted by atomic mass is 10.2. The van der Waals surface area contributed by atoms with Crippen molar-refractivity contribution >= 4 is 11.8 Å². The first kappa shape index (κ1) is 7.78. The molecule has 1 aliphatic heterocycles. The average Bonchev–Trinajstić information content (AvgIpc) is 1.85. The van der Waals surface area contributed by atoms with Crippen LogP contribution in [0.3, 0.4) is 0 Å². The van der Waals surface area contributed by atoms with Crippen LogP contribution in [0.1, 0.15) is 13.8 Å². The van der Waals surface area contributed by atoms with Crippen molar-refractivity contribution in [3.05, 3.63) is 11.3 Å². The molecule has 0 aromatic rings. The molecule has 0 spiro atoms. The first-order chi connectivity index (χ1) is 5.11. The standard InChI is InChI=1S/C7H10N2O2/c1-4-6(7(10)11)3-8-5(2)9-4/h3H2,1-2H3,(H,8,9)(H,10,11). The Bertz CT molecular complexity index is 253. The highest BCUT2D eigenvalue weighted by Gasteiger charge is 2.14. The minimum absolute atomic E-state index is 0.278. The summed E-state index contributed by atoms with van der Waals surface area (Å²) in [4.78, 5) is 14.5. The van der Waals surface area contributed by atoms with Gasteiger partial charge in [-0.05, 0) is 13.8 Å². The molecule has 0 aromatic carbocycles. The monoisotopic (exact) mass is 154 g/mol. The Morgan fingerprint density at radius 3 is 2.73 bits per heavy atom. The first-order valence-corrected chi connectivity index (χ1v) is 3.32. The number of carboxylic acid groups (broad SMARTS) is 1. The maximum Gasteiger partial charge on any atom is 0.335 e. The Labute approximate surface area is 64.6 Å². The van der Waals surface area contributed by atoms with Crippen molar-refractivity contribution in [2.45, 2.75) is 13.8 Å². The van der Waals surface area contributed by atoms with Crippen molar-refractivity contribution in [3.63, 3.8) is 0 Å². The van der Waals surface area contributed by atoms with E-state index in [1.54, 1.807) is 6.92 Å². The highest BCUT2D eigenvalue weighted by molar-refractivity contribution is 5.92. The van der Waals surface area contributed by atoms with Crippen LogP contribution in [-0.2, 0) is 4.79 Å². The second-order valence-electron chi connectivity index (χ2n) is 2.44. The molecule has 4 nitrogen and oxygen atoms in total. The van der Waals surface area contributed by atoms with E-state index in [-0.39, 0.29) is 6.54 Å².